The number of nitrogens with zero attached hydrogens (tertiary/aromatic N) is 4. The Labute approximate surface area is 140 Å². The Bertz CT molecular complexity index is 818. The van der Waals surface area contributed by atoms with E-state index in [1.165, 1.54) is 0 Å². The zero-order valence-electron chi connectivity index (χ0n) is 14.0. The number of aryl methyl sites for hydroxylation is 3. The maximum atomic E-state index is 5.70. The number of hydrogen-bond donors (Lipinski definition) is 1. The van der Waals surface area contributed by atoms with Crippen LogP contribution in [0.25, 0.3) is 11.7 Å². The molecule has 0 fully saturated rings. The second kappa shape index (κ2) is 6.24. The second-order valence-corrected chi connectivity index (χ2v) is 6.10. The van der Waals surface area contributed by atoms with Gasteiger partial charge in [0.25, 0.3) is 5.89 Å². The van der Waals surface area contributed by atoms with Gasteiger partial charge in [0.2, 0.25) is 0 Å². The molecule has 0 aliphatic carbocycles. The zero-order valence-corrected chi connectivity index (χ0v) is 14.0. The number of aromatic nitrogens is 4. The second-order valence-electron chi connectivity index (χ2n) is 6.10. The van der Waals surface area contributed by atoms with Crippen LogP contribution in [0.3, 0.4) is 0 Å². The van der Waals surface area contributed by atoms with Crippen molar-refractivity contribution >= 4 is 0 Å². The van der Waals surface area contributed by atoms with Crippen LogP contribution in [-0.2, 0) is 25.9 Å². The van der Waals surface area contributed by atoms with E-state index in [9.17, 15) is 0 Å². The van der Waals surface area contributed by atoms with E-state index >= 15 is 0 Å². The maximum absolute atomic E-state index is 5.70. The minimum absolute atomic E-state index is 0.368. The largest absolute Gasteiger partial charge is 0.459 e. The van der Waals surface area contributed by atoms with Crippen LogP contribution in [0.5, 0.6) is 0 Å². The van der Waals surface area contributed by atoms with Crippen molar-refractivity contribution in [3.63, 3.8) is 0 Å². The van der Waals surface area contributed by atoms with Gasteiger partial charge in [0, 0.05) is 25.4 Å². The third kappa shape index (κ3) is 2.87. The summed E-state index contributed by atoms with van der Waals surface area (Å²) in [6, 6.07) is 4.04. The maximum Gasteiger partial charge on any atom is 0.263 e. The van der Waals surface area contributed by atoms with Gasteiger partial charge in [-0.3, -0.25) is 0 Å². The average molecular weight is 327 g/mol. The van der Waals surface area contributed by atoms with Crippen molar-refractivity contribution in [2.45, 2.75) is 52.2 Å². The van der Waals surface area contributed by atoms with Crippen LogP contribution >= 0.6 is 0 Å². The first-order chi connectivity index (χ1) is 11.7. The van der Waals surface area contributed by atoms with Crippen LogP contribution in [0.4, 0.5) is 0 Å². The van der Waals surface area contributed by atoms with Gasteiger partial charge in [-0.1, -0.05) is 6.92 Å². The van der Waals surface area contributed by atoms with Crippen LogP contribution in [0.1, 0.15) is 36.4 Å². The number of hydrogen-bond acceptors (Lipinski definition) is 6. The highest BCUT2D eigenvalue weighted by molar-refractivity contribution is 5.44. The molecule has 4 heterocycles. The van der Waals surface area contributed by atoms with E-state index < -0.39 is 0 Å². The topological polar surface area (TPSA) is 81.9 Å². The molecule has 1 atom stereocenters. The molecule has 0 saturated carbocycles. The molecule has 4 rings (SSSR count). The first-order valence-electron chi connectivity index (χ1n) is 8.39. The van der Waals surface area contributed by atoms with Gasteiger partial charge >= 0.3 is 0 Å². The van der Waals surface area contributed by atoms with E-state index in [0.29, 0.717) is 24.2 Å². The molecule has 24 heavy (non-hydrogen) atoms. The van der Waals surface area contributed by atoms with Gasteiger partial charge in [0.1, 0.15) is 11.6 Å². The molecule has 7 nitrogen and oxygen atoms in total. The highest BCUT2D eigenvalue weighted by Gasteiger charge is 2.22. The summed E-state index contributed by atoms with van der Waals surface area (Å²) in [5, 5.41) is 8.11. The third-order valence-electron chi connectivity index (χ3n) is 4.40. The van der Waals surface area contributed by atoms with Crippen LogP contribution in [0.2, 0.25) is 0 Å². The van der Waals surface area contributed by atoms with E-state index in [0.717, 1.165) is 48.9 Å². The molecule has 1 aliphatic heterocycles. The van der Waals surface area contributed by atoms with Crippen LogP contribution in [0, 0.1) is 6.92 Å². The highest BCUT2D eigenvalue weighted by Crippen LogP contribution is 2.22. The van der Waals surface area contributed by atoms with Crippen molar-refractivity contribution in [1.29, 1.82) is 0 Å². The van der Waals surface area contributed by atoms with Gasteiger partial charge in [-0.2, -0.15) is 5.10 Å². The van der Waals surface area contributed by atoms with Gasteiger partial charge in [-0.05, 0) is 25.5 Å². The van der Waals surface area contributed by atoms with Crippen LogP contribution in [0.15, 0.2) is 27.2 Å². The Morgan fingerprint density at radius 3 is 3.08 bits per heavy atom. The molecule has 0 bridgehead atoms. The lowest BCUT2D eigenvalue weighted by atomic mass is 10.1. The van der Waals surface area contributed by atoms with Gasteiger partial charge in [0.05, 0.1) is 18.5 Å². The molecule has 3 aromatic heterocycles. The minimum Gasteiger partial charge on any atom is -0.459 e. The Morgan fingerprint density at radius 2 is 2.29 bits per heavy atom. The Balaban J connectivity index is 1.41. The molecule has 0 spiro atoms. The molecule has 1 N–H and O–H groups in total. The average Bonchev–Trinajstić information content (AvgIpc) is 3.31. The zero-order chi connectivity index (χ0) is 16.5. The third-order valence-corrected chi connectivity index (χ3v) is 4.40. The van der Waals surface area contributed by atoms with E-state index in [-0.39, 0.29) is 0 Å². The van der Waals surface area contributed by atoms with Crippen molar-refractivity contribution in [3.05, 3.63) is 41.5 Å². The van der Waals surface area contributed by atoms with E-state index in [2.05, 4.69) is 27.3 Å². The molecule has 0 saturated heterocycles. The van der Waals surface area contributed by atoms with Gasteiger partial charge in [-0.15, -0.1) is 0 Å². The molecule has 3 aromatic rings. The number of rotatable bonds is 5. The van der Waals surface area contributed by atoms with Gasteiger partial charge in [0.15, 0.2) is 11.6 Å². The molecule has 0 radical (unpaired) electrons. The molecule has 1 aliphatic rings. The molecular weight excluding hydrogens is 306 g/mol. The summed E-state index contributed by atoms with van der Waals surface area (Å²) in [4.78, 5) is 9.09. The van der Waals surface area contributed by atoms with Crippen molar-refractivity contribution in [2.75, 3.05) is 0 Å². The fourth-order valence-corrected chi connectivity index (χ4v) is 3.02. The van der Waals surface area contributed by atoms with Crippen molar-refractivity contribution in [2.24, 2.45) is 0 Å². The summed E-state index contributed by atoms with van der Waals surface area (Å²) in [5.41, 5.74) is 0.917. The fraction of sp³-hybridized carbons (Fsp3) is 0.471. The lowest BCUT2D eigenvalue weighted by Crippen LogP contribution is -2.37. The Hall–Kier alpha value is -2.41. The molecule has 0 unspecified atom stereocenters. The van der Waals surface area contributed by atoms with Crippen molar-refractivity contribution in [1.82, 2.24) is 25.1 Å². The fourth-order valence-electron chi connectivity index (χ4n) is 3.02. The van der Waals surface area contributed by atoms with E-state index in [1.54, 1.807) is 6.26 Å². The number of fused-ring (bicyclic) bond motifs is 1. The lowest BCUT2D eigenvalue weighted by Gasteiger charge is -2.23. The number of nitrogens with one attached hydrogen (secondary N) is 1. The molecule has 0 amide bonds. The monoisotopic (exact) mass is 327 g/mol. The molecule has 7 heteroatoms. The first-order valence-corrected chi connectivity index (χ1v) is 8.39. The van der Waals surface area contributed by atoms with Gasteiger partial charge < -0.3 is 14.2 Å². The Morgan fingerprint density at radius 1 is 1.38 bits per heavy atom. The smallest absolute Gasteiger partial charge is 0.263 e. The summed E-state index contributed by atoms with van der Waals surface area (Å²) in [5.74, 6) is 4.04. The van der Waals surface area contributed by atoms with Gasteiger partial charge in [-0.25, -0.2) is 14.6 Å². The summed E-state index contributed by atoms with van der Waals surface area (Å²) < 4.78 is 13.1. The highest BCUT2D eigenvalue weighted by atomic mass is 16.4. The standard InChI is InChI=1S/C17H21N5O2/c1-3-15-20-16-7-6-12(10-22(16)21-15)18-9-13-11(2)24-17(19-13)14-5-4-8-23-14/h4-5,8,12,18H,3,6-7,9-10H2,1-2H3/t12-/m1/s1. The lowest BCUT2D eigenvalue weighted by molar-refractivity contribution is 0.355. The van der Waals surface area contributed by atoms with Crippen LogP contribution < -0.4 is 5.32 Å². The minimum atomic E-state index is 0.368. The Kier molecular flexibility index (Phi) is 3.93. The van der Waals surface area contributed by atoms with Crippen molar-refractivity contribution < 1.29 is 8.83 Å². The molecule has 126 valence electrons. The van der Waals surface area contributed by atoms with Crippen molar-refractivity contribution in [3.8, 4) is 11.7 Å². The summed E-state index contributed by atoms with van der Waals surface area (Å²) >= 11 is 0. The number of oxazole rings is 1. The normalized spacial score (nSPS) is 17.2. The van der Waals surface area contributed by atoms with Crippen LogP contribution in [-0.4, -0.2) is 25.8 Å². The summed E-state index contributed by atoms with van der Waals surface area (Å²) in [7, 11) is 0. The SMILES string of the molecule is CCc1nc2n(n1)C[C@H](NCc1nc(-c3ccco3)oc1C)CC2. The quantitative estimate of drug-likeness (QED) is 0.775. The predicted octanol–water partition coefficient (Wildman–Crippen LogP) is 2.50. The predicted molar refractivity (Wildman–Crippen MR) is 87.3 cm³/mol. The van der Waals surface area contributed by atoms with E-state index in [4.69, 9.17) is 8.83 Å². The first kappa shape index (κ1) is 15.1. The molecule has 0 aromatic carbocycles. The summed E-state index contributed by atoms with van der Waals surface area (Å²) in [6.07, 6.45) is 4.52. The molecular formula is C17H21N5O2. The number of furan rings is 1. The summed E-state index contributed by atoms with van der Waals surface area (Å²) in [6.45, 7) is 5.54. The van der Waals surface area contributed by atoms with E-state index in [1.807, 2.05) is 23.7 Å².